The van der Waals surface area contributed by atoms with Gasteiger partial charge >= 0.3 is 0 Å². The standard InChI is InChI=1S/C8H9NO/c1-7-5-3-4-6-8(7)9-10-2/h3-6H,1H2,2H3/b9-8-. The van der Waals surface area contributed by atoms with Gasteiger partial charge in [-0.25, -0.2) is 0 Å². The molecule has 0 aliphatic heterocycles. The van der Waals surface area contributed by atoms with Gasteiger partial charge in [0.05, 0.1) is 0 Å². The van der Waals surface area contributed by atoms with Crippen LogP contribution < -0.4 is 0 Å². The minimum absolute atomic E-state index is 0.782. The summed E-state index contributed by atoms with van der Waals surface area (Å²) in [4.78, 5) is 4.59. The lowest BCUT2D eigenvalue weighted by Gasteiger charge is -2.01. The van der Waals surface area contributed by atoms with Crippen molar-refractivity contribution in [1.82, 2.24) is 0 Å². The van der Waals surface area contributed by atoms with Crippen LogP contribution in [0.1, 0.15) is 0 Å². The molecule has 0 saturated carbocycles. The van der Waals surface area contributed by atoms with Crippen molar-refractivity contribution < 1.29 is 4.84 Å². The lowest BCUT2D eigenvalue weighted by molar-refractivity contribution is 0.214. The van der Waals surface area contributed by atoms with E-state index in [9.17, 15) is 0 Å². The van der Waals surface area contributed by atoms with Gasteiger partial charge in [-0.2, -0.15) is 0 Å². The SMILES string of the molecule is C=C1C=CC=C/C1=N/OC. The van der Waals surface area contributed by atoms with Crippen molar-refractivity contribution in [3.63, 3.8) is 0 Å². The molecular weight excluding hydrogens is 126 g/mol. The van der Waals surface area contributed by atoms with Crippen molar-refractivity contribution in [2.45, 2.75) is 0 Å². The number of oxime groups is 1. The predicted molar refractivity (Wildman–Crippen MR) is 41.9 cm³/mol. The number of hydrogen-bond donors (Lipinski definition) is 0. The maximum Gasteiger partial charge on any atom is 0.109 e. The van der Waals surface area contributed by atoms with Crippen molar-refractivity contribution in [1.29, 1.82) is 0 Å². The second-order valence-electron chi connectivity index (χ2n) is 1.90. The van der Waals surface area contributed by atoms with Crippen molar-refractivity contribution in [3.05, 3.63) is 36.5 Å². The van der Waals surface area contributed by atoms with Gasteiger partial charge in [-0.15, -0.1) is 0 Å². The molecule has 0 saturated heterocycles. The average molecular weight is 135 g/mol. The number of hydrogen-bond acceptors (Lipinski definition) is 2. The van der Waals surface area contributed by atoms with Crippen LogP contribution >= 0.6 is 0 Å². The molecular formula is C8H9NO. The third-order valence-corrected chi connectivity index (χ3v) is 1.18. The highest BCUT2D eigenvalue weighted by Gasteiger charge is 1.99. The summed E-state index contributed by atoms with van der Waals surface area (Å²) in [5.41, 5.74) is 1.66. The van der Waals surface area contributed by atoms with Crippen LogP contribution in [-0.4, -0.2) is 12.8 Å². The molecule has 2 nitrogen and oxygen atoms in total. The van der Waals surface area contributed by atoms with E-state index in [2.05, 4.69) is 16.6 Å². The summed E-state index contributed by atoms with van der Waals surface area (Å²) in [6.45, 7) is 3.77. The summed E-state index contributed by atoms with van der Waals surface area (Å²) >= 11 is 0. The molecule has 0 heterocycles. The first-order valence-electron chi connectivity index (χ1n) is 3.00. The normalized spacial score (nSPS) is 20.1. The van der Waals surface area contributed by atoms with E-state index in [0.717, 1.165) is 11.3 Å². The molecule has 0 spiro atoms. The summed E-state index contributed by atoms with van der Waals surface area (Å²) < 4.78 is 0. The maximum absolute atomic E-state index is 4.59. The van der Waals surface area contributed by atoms with Gasteiger partial charge in [0.15, 0.2) is 0 Å². The van der Waals surface area contributed by atoms with Crippen LogP contribution in [0.25, 0.3) is 0 Å². The molecule has 0 aromatic heterocycles. The van der Waals surface area contributed by atoms with Crippen LogP contribution in [0.5, 0.6) is 0 Å². The van der Waals surface area contributed by atoms with E-state index >= 15 is 0 Å². The van der Waals surface area contributed by atoms with E-state index in [4.69, 9.17) is 0 Å². The molecule has 0 aromatic carbocycles. The topological polar surface area (TPSA) is 21.6 Å². The second kappa shape index (κ2) is 3.01. The highest BCUT2D eigenvalue weighted by molar-refractivity contribution is 6.10. The van der Waals surface area contributed by atoms with E-state index in [0.29, 0.717) is 0 Å². The molecule has 52 valence electrons. The molecule has 0 unspecified atom stereocenters. The van der Waals surface area contributed by atoms with E-state index in [1.807, 2.05) is 24.3 Å². The Kier molecular flexibility index (Phi) is 2.05. The average Bonchev–Trinajstić information content (AvgIpc) is 1.94. The molecule has 2 heteroatoms. The van der Waals surface area contributed by atoms with E-state index in [-0.39, 0.29) is 0 Å². The highest BCUT2D eigenvalue weighted by atomic mass is 16.6. The van der Waals surface area contributed by atoms with Crippen molar-refractivity contribution in [2.24, 2.45) is 5.16 Å². The molecule has 1 rings (SSSR count). The molecule has 0 bridgehead atoms. The fourth-order valence-electron chi connectivity index (χ4n) is 0.698. The van der Waals surface area contributed by atoms with Crippen LogP contribution in [-0.2, 0) is 4.84 Å². The molecule has 1 aliphatic carbocycles. The fraction of sp³-hybridized carbons (Fsp3) is 0.125. The lowest BCUT2D eigenvalue weighted by atomic mass is 10.1. The predicted octanol–water partition coefficient (Wildman–Crippen LogP) is 1.67. The van der Waals surface area contributed by atoms with Gasteiger partial charge in [0.2, 0.25) is 0 Å². The minimum atomic E-state index is 0.782. The van der Waals surface area contributed by atoms with E-state index < -0.39 is 0 Å². The van der Waals surface area contributed by atoms with Crippen LogP contribution in [0.15, 0.2) is 41.6 Å². The quantitative estimate of drug-likeness (QED) is 0.501. The van der Waals surface area contributed by atoms with Crippen molar-refractivity contribution >= 4 is 5.71 Å². The Labute approximate surface area is 60.2 Å². The number of nitrogens with zero attached hydrogens (tertiary/aromatic N) is 1. The van der Waals surface area contributed by atoms with Crippen molar-refractivity contribution in [2.75, 3.05) is 7.11 Å². The van der Waals surface area contributed by atoms with Crippen LogP contribution in [0, 0.1) is 0 Å². The Morgan fingerprint density at radius 1 is 1.40 bits per heavy atom. The van der Waals surface area contributed by atoms with Crippen molar-refractivity contribution in [3.8, 4) is 0 Å². The maximum atomic E-state index is 4.59. The first-order valence-corrected chi connectivity index (χ1v) is 3.00. The Balaban J connectivity index is 2.80. The van der Waals surface area contributed by atoms with Gasteiger partial charge in [-0.1, -0.05) is 30.0 Å². The Morgan fingerprint density at radius 3 is 2.70 bits per heavy atom. The van der Waals surface area contributed by atoms with Crippen LogP contribution in [0.3, 0.4) is 0 Å². The third kappa shape index (κ3) is 1.35. The molecule has 0 radical (unpaired) electrons. The first-order chi connectivity index (χ1) is 4.84. The molecule has 0 N–H and O–H groups in total. The van der Waals surface area contributed by atoms with Gasteiger partial charge in [0.1, 0.15) is 12.8 Å². The van der Waals surface area contributed by atoms with Gasteiger partial charge in [-0.3, -0.25) is 0 Å². The molecule has 0 aromatic rings. The third-order valence-electron chi connectivity index (χ3n) is 1.18. The number of rotatable bonds is 1. The summed E-state index contributed by atoms with van der Waals surface area (Å²) in [6, 6.07) is 0. The smallest absolute Gasteiger partial charge is 0.109 e. The van der Waals surface area contributed by atoms with Gasteiger partial charge in [0, 0.05) is 0 Å². The fourth-order valence-corrected chi connectivity index (χ4v) is 0.698. The zero-order valence-corrected chi connectivity index (χ0v) is 5.87. The molecule has 0 amide bonds. The minimum Gasteiger partial charge on any atom is -0.399 e. The first kappa shape index (κ1) is 6.81. The summed E-state index contributed by atoms with van der Waals surface area (Å²) in [5.74, 6) is 0. The van der Waals surface area contributed by atoms with Gasteiger partial charge in [-0.05, 0) is 11.6 Å². The Hall–Kier alpha value is -1.31. The largest absolute Gasteiger partial charge is 0.399 e. The summed E-state index contributed by atoms with van der Waals surface area (Å²) in [6.07, 6.45) is 7.55. The summed E-state index contributed by atoms with van der Waals surface area (Å²) in [5, 5.41) is 3.74. The zero-order valence-electron chi connectivity index (χ0n) is 5.87. The second-order valence-corrected chi connectivity index (χ2v) is 1.90. The Bertz CT molecular complexity index is 223. The van der Waals surface area contributed by atoms with Crippen LogP contribution in [0.4, 0.5) is 0 Å². The summed E-state index contributed by atoms with van der Waals surface area (Å²) in [7, 11) is 1.52. The molecule has 10 heavy (non-hydrogen) atoms. The zero-order chi connectivity index (χ0) is 7.40. The number of allylic oxidation sites excluding steroid dienone is 5. The highest BCUT2D eigenvalue weighted by Crippen LogP contribution is 2.04. The molecule has 0 fully saturated rings. The lowest BCUT2D eigenvalue weighted by Crippen LogP contribution is -1.98. The van der Waals surface area contributed by atoms with E-state index in [1.165, 1.54) is 7.11 Å². The van der Waals surface area contributed by atoms with Gasteiger partial charge < -0.3 is 4.84 Å². The van der Waals surface area contributed by atoms with Gasteiger partial charge in [0.25, 0.3) is 0 Å². The van der Waals surface area contributed by atoms with E-state index in [1.54, 1.807) is 0 Å². The molecule has 0 atom stereocenters. The van der Waals surface area contributed by atoms with Crippen LogP contribution in [0.2, 0.25) is 0 Å². The molecule has 1 aliphatic rings. The Morgan fingerprint density at radius 2 is 2.10 bits per heavy atom. The monoisotopic (exact) mass is 135 g/mol.